The van der Waals surface area contributed by atoms with Crippen molar-refractivity contribution >= 4 is 17.7 Å². The third-order valence-corrected chi connectivity index (χ3v) is 5.88. The van der Waals surface area contributed by atoms with E-state index in [1.54, 1.807) is 12.4 Å². The molecule has 0 aliphatic heterocycles. The van der Waals surface area contributed by atoms with Crippen LogP contribution in [-0.2, 0) is 0 Å². The predicted molar refractivity (Wildman–Crippen MR) is 145 cm³/mol. The fraction of sp³-hybridized carbons (Fsp3) is 0.370. The van der Waals surface area contributed by atoms with Gasteiger partial charge >= 0.3 is 0 Å². The van der Waals surface area contributed by atoms with Crippen LogP contribution in [0.5, 0.6) is 0 Å². The maximum atomic E-state index is 5.57. The van der Waals surface area contributed by atoms with Gasteiger partial charge in [0.2, 0.25) is 5.95 Å². The van der Waals surface area contributed by atoms with E-state index in [0.717, 1.165) is 66.3 Å². The molecule has 35 heavy (non-hydrogen) atoms. The van der Waals surface area contributed by atoms with Crippen molar-refractivity contribution in [2.45, 2.75) is 52.5 Å². The van der Waals surface area contributed by atoms with Crippen molar-refractivity contribution in [3.63, 3.8) is 0 Å². The van der Waals surface area contributed by atoms with Crippen molar-refractivity contribution in [3.05, 3.63) is 83.5 Å². The lowest BCUT2D eigenvalue weighted by Crippen LogP contribution is -2.29. The molecule has 0 radical (unpaired) electrons. The summed E-state index contributed by atoms with van der Waals surface area (Å²) in [5, 5.41) is 13.7. The number of hydrogen-bond acceptors (Lipinski definition) is 8. The highest BCUT2D eigenvalue weighted by molar-refractivity contribution is 5.63. The van der Waals surface area contributed by atoms with Gasteiger partial charge in [0.25, 0.3) is 0 Å². The van der Waals surface area contributed by atoms with Crippen LogP contribution >= 0.6 is 0 Å². The minimum atomic E-state index is 0.343. The van der Waals surface area contributed by atoms with E-state index in [1.165, 1.54) is 5.70 Å². The number of hydrogen-bond donors (Lipinski definition) is 5. The Hall–Kier alpha value is -3.65. The number of pyridine rings is 1. The van der Waals surface area contributed by atoms with Crippen LogP contribution in [0.15, 0.2) is 72.2 Å². The molecular formula is C27H38N8. The summed E-state index contributed by atoms with van der Waals surface area (Å²) in [6, 6.07) is 4.18. The van der Waals surface area contributed by atoms with Gasteiger partial charge in [0.15, 0.2) is 0 Å². The Morgan fingerprint density at radius 2 is 1.86 bits per heavy atom. The Kier molecular flexibility index (Phi) is 9.86. The molecule has 0 amide bonds. The van der Waals surface area contributed by atoms with Gasteiger partial charge < -0.3 is 27.0 Å². The molecule has 0 atom stereocenters. The van der Waals surface area contributed by atoms with E-state index in [0.29, 0.717) is 18.5 Å². The summed E-state index contributed by atoms with van der Waals surface area (Å²) in [6.45, 7) is 12.0. The van der Waals surface area contributed by atoms with Crippen molar-refractivity contribution in [1.29, 1.82) is 0 Å². The van der Waals surface area contributed by atoms with Crippen molar-refractivity contribution in [2.75, 3.05) is 23.7 Å². The summed E-state index contributed by atoms with van der Waals surface area (Å²) < 4.78 is 0. The number of allylic oxidation sites excluding steroid dienone is 4. The lowest BCUT2D eigenvalue weighted by atomic mass is 10.1. The first kappa shape index (κ1) is 26.0. The summed E-state index contributed by atoms with van der Waals surface area (Å²) in [7, 11) is 0. The van der Waals surface area contributed by atoms with E-state index in [4.69, 9.17) is 10.7 Å². The van der Waals surface area contributed by atoms with Gasteiger partial charge in [-0.2, -0.15) is 0 Å². The number of rotatable bonds is 13. The first-order valence-electron chi connectivity index (χ1n) is 12.3. The molecule has 1 aliphatic carbocycles. The molecule has 8 heteroatoms. The molecule has 1 aliphatic rings. The van der Waals surface area contributed by atoms with Crippen LogP contribution in [0.25, 0.3) is 6.08 Å². The number of nitrogens with two attached hydrogens (primary N) is 1. The molecule has 0 saturated heterocycles. The largest absolute Gasteiger partial charge is 0.387 e. The Labute approximate surface area is 208 Å². The van der Waals surface area contributed by atoms with Crippen LogP contribution in [-0.4, -0.2) is 34.1 Å². The predicted octanol–water partition coefficient (Wildman–Crippen LogP) is 4.45. The number of aromatic nitrogens is 3. The molecule has 2 heterocycles. The second-order valence-corrected chi connectivity index (χ2v) is 8.51. The standard InChI is InChI=1S/C27H38N8/c1-5-22(6-2)34-26(20(4)32-25-11-14-29-15-12-25)17-21-18-31-27(33-19(21)3)35-24-9-7-23(8-10-24)30-16-13-28/h7,9,11-12,14-15,17-18,22,30,34H,4-6,8,10,13,16,28H2,1-3H3,(H,29,32)(H,31,33,35)/b26-17-. The topological polar surface area (TPSA) is 113 Å². The van der Waals surface area contributed by atoms with Gasteiger partial charge in [0.05, 0.1) is 17.1 Å². The first-order chi connectivity index (χ1) is 17.0. The van der Waals surface area contributed by atoms with E-state index < -0.39 is 0 Å². The highest BCUT2D eigenvalue weighted by atomic mass is 15.1. The van der Waals surface area contributed by atoms with Crippen molar-refractivity contribution in [3.8, 4) is 0 Å². The molecule has 8 nitrogen and oxygen atoms in total. The minimum absolute atomic E-state index is 0.343. The normalized spacial score (nSPS) is 13.7. The summed E-state index contributed by atoms with van der Waals surface area (Å²) in [5.74, 6) is 0.598. The average Bonchev–Trinajstić information content (AvgIpc) is 2.88. The minimum Gasteiger partial charge on any atom is -0.387 e. The van der Waals surface area contributed by atoms with Crippen LogP contribution in [0, 0.1) is 6.92 Å². The zero-order chi connectivity index (χ0) is 25.0. The summed E-state index contributed by atoms with van der Waals surface area (Å²) >= 11 is 0. The highest BCUT2D eigenvalue weighted by Crippen LogP contribution is 2.21. The van der Waals surface area contributed by atoms with Gasteiger partial charge in [0.1, 0.15) is 0 Å². The summed E-state index contributed by atoms with van der Waals surface area (Å²) in [5.41, 5.74) is 12.3. The van der Waals surface area contributed by atoms with E-state index in [2.05, 4.69) is 69.9 Å². The molecular weight excluding hydrogens is 436 g/mol. The molecule has 2 aromatic heterocycles. The molecule has 3 rings (SSSR count). The zero-order valence-electron chi connectivity index (χ0n) is 21.1. The van der Waals surface area contributed by atoms with Crippen LogP contribution in [0.3, 0.4) is 0 Å². The quantitative estimate of drug-likeness (QED) is 0.271. The van der Waals surface area contributed by atoms with Crippen LogP contribution in [0.1, 0.15) is 50.8 Å². The first-order valence-corrected chi connectivity index (χ1v) is 12.3. The van der Waals surface area contributed by atoms with Gasteiger partial charge in [0, 0.05) is 60.4 Å². The van der Waals surface area contributed by atoms with Gasteiger partial charge in [-0.05, 0) is 63.0 Å². The highest BCUT2D eigenvalue weighted by Gasteiger charge is 2.12. The van der Waals surface area contributed by atoms with Crippen LogP contribution in [0.4, 0.5) is 11.6 Å². The Bertz CT molecular complexity index is 1070. The van der Waals surface area contributed by atoms with Crippen molar-refractivity contribution < 1.29 is 0 Å². The molecule has 0 bridgehead atoms. The average molecular weight is 475 g/mol. The Morgan fingerprint density at radius 1 is 1.14 bits per heavy atom. The van der Waals surface area contributed by atoms with E-state index in [1.807, 2.05) is 25.3 Å². The lowest BCUT2D eigenvalue weighted by Gasteiger charge is -2.22. The second kappa shape index (κ2) is 13.3. The van der Waals surface area contributed by atoms with Gasteiger partial charge in [-0.3, -0.25) is 4.98 Å². The fourth-order valence-corrected chi connectivity index (χ4v) is 3.70. The molecule has 0 fully saturated rings. The molecule has 2 aromatic rings. The lowest BCUT2D eigenvalue weighted by molar-refractivity contribution is 0.538. The molecule has 6 N–H and O–H groups in total. The third kappa shape index (κ3) is 7.96. The molecule has 0 saturated carbocycles. The van der Waals surface area contributed by atoms with Crippen LogP contribution in [0.2, 0.25) is 0 Å². The SMILES string of the molecule is C=C(Nc1ccncc1)/C(=C/c1cnc(NC2=CC=C(NCCN)CC2)nc1C)NC(CC)CC. The van der Waals surface area contributed by atoms with E-state index in [9.17, 15) is 0 Å². The second-order valence-electron chi connectivity index (χ2n) is 8.51. The van der Waals surface area contributed by atoms with Crippen LogP contribution < -0.4 is 27.0 Å². The number of nitrogens with one attached hydrogen (secondary N) is 4. The summed E-state index contributed by atoms with van der Waals surface area (Å²) in [4.78, 5) is 13.4. The number of nitrogens with zero attached hydrogens (tertiary/aromatic N) is 3. The van der Waals surface area contributed by atoms with Crippen molar-refractivity contribution in [1.82, 2.24) is 25.6 Å². The molecule has 186 valence electrons. The smallest absolute Gasteiger partial charge is 0.227 e. The fourth-order valence-electron chi connectivity index (χ4n) is 3.70. The third-order valence-electron chi connectivity index (χ3n) is 5.88. The summed E-state index contributed by atoms with van der Waals surface area (Å²) in [6.07, 6.45) is 15.5. The van der Waals surface area contributed by atoms with Gasteiger partial charge in [-0.1, -0.05) is 20.4 Å². The Morgan fingerprint density at radius 3 is 2.49 bits per heavy atom. The van der Waals surface area contributed by atoms with E-state index >= 15 is 0 Å². The Balaban J connectivity index is 1.76. The van der Waals surface area contributed by atoms with E-state index in [-0.39, 0.29) is 0 Å². The zero-order valence-corrected chi connectivity index (χ0v) is 21.1. The molecule has 0 aromatic carbocycles. The van der Waals surface area contributed by atoms with Gasteiger partial charge in [-0.15, -0.1) is 0 Å². The maximum Gasteiger partial charge on any atom is 0.227 e. The molecule has 0 unspecified atom stereocenters. The van der Waals surface area contributed by atoms with Gasteiger partial charge in [-0.25, -0.2) is 9.97 Å². The maximum absolute atomic E-state index is 5.57. The van der Waals surface area contributed by atoms with Crippen molar-refractivity contribution in [2.24, 2.45) is 5.73 Å². The monoisotopic (exact) mass is 474 g/mol. The number of anilines is 2. The number of aryl methyl sites for hydroxylation is 1. The molecule has 0 spiro atoms.